The maximum absolute atomic E-state index is 11.8. The van der Waals surface area contributed by atoms with E-state index in [2.05, 4.69) is 27.6 Å². The summed E-state index contributed by atoms with van der Waals surface area (Å²) in [6, 6.07) is 1.81. The third-order valence-corrected chi connectivity index (χ3v) is 2.73. The van der Waals surface area contributed by atoms with Crippen molar-refractivity contribution in [2.24, 2.45) is 0 Å². The van der Waals surface area contributed by atoms with Crippen molar-refractivity contribution in [2.75, 3.05) is 13.6 Å². The van der Waals surface area contributed by atoms with Crippen LogP contribution in [0.5, 0.6) is 0 Å². The quantitative estimate of drug-likeness (QED) is 0.825. The van der Waals surface area contributed by atoms with E-state index in [1.807, 2.05) is 6.07 Å². The van der Waals surface area contributed by atoms with E-state index in [9.17, 15) is 4.79 Å². The standard InChI is InChI=1S/C10H15IN2O2/c1-7(14)3-4-13(2)10(15)9-5-8(11)6-12-9/h5-7,12,14H,3-4H2,1-2H3. The predicted molar refractivity (Wildman–Crippen MR) is 66.8 cm³/mol. The zero-order chi connectivity index (χ0) is 11.4. The number of rotatable bonds is 4. The number of aliphatic hydroxyl groups is 1. The lowest BCUT2D eigenvalue weighted by Crippen LogP contribution is -2.29. The number of amides is 1. The fraction of sp³-hybridized carbons (Fsp3) is 0.500. The van der Waals surface area contributed by atoms with Crippen LogP contribution in [-0.4, -0.2) is 40.6 Å². The van der Waals surface area contributed by atoms with Crippen molar-refractivity contribution in [1.29, 1.82) is 0 Å². The van der Waals surface area contributed by atoms with Gasteiger partial charge in [0, 0.05) is 23.4 Å². The molecule has 5 heteroatoms. The van der Waals surface area contributed by atoms with E-state index < -0.39 is 0 Å². The van der Waals surface area contributed by atoms with Crippen molar-refractivity contribution >= 4 is 28.5 Å². The Morgan fingerprint density at radius 2 is 2.40 bits per heavy atom. The lowest BCUT2D eigenvalue weighted by Gasteiger charge is -2.16. The Hall–Kier alpha value is -0.560. The van der Waals surface area contributed by atoms with E-state index in [0.717, 1.165) is 3.57 Å². The van der Waals surface area contributed by atoms with Crippen molar-refractivity contribution in [3.8, 4) is 0 Å². The average Bonchev–Trinajstić information content (AvgIpc) is 2.60. The number of aromatic nitrogens is 1. The van der Waals surface area contributed by atoms with Gasteiger partial charge >= 0.3 is 0 Å². The van der Waals surface area contributed by atoms with Gasteiger partial charge in [0.05, 0.1) is 6.10 Å². The maximum atomic E-state index is 11.8. The van der Waals surface area contributed by atoms with Crippen molar-refractivity contribution in [2.45, 2.75) is 19.4 Å². The van der Waals surface area contributed by atoms with E-state index in [4.69, 9.17) is 5.11 Å². The number of halogens is 1. The number of aromatic amines is 1. The minimum atomic E-state index is -0.371. The molecule has 0 spiro atoms. The highest BCUT2D eigenvalue weighted by Crippen LogP contribution is 2.08. The number of carbonyl (C=O) groups is 1. The molecule has 0 fully saturated rings. The molecule has 0 radical (unpaired) electrons. The highest BCUT2D eigenvalue weighted by molar-refractivity contribution is 14.1. The summed E-state index contributed by atoms with van der Waals surface area (Å²) in [4.78, 5) is 16.3. The Kier molecular flexibility index (Phi) is 4.59. The fourth-order valence-corrected chi connectivity index (χ4v) is 1.65. The second-order valence-electron chi connectivity index (χ2n) is 3.60. The van der Waals surface area contributed by atoms with Crippen molar-refractivity contribution in [1.82, 2.24) is 9.88 Å². The van der Waals surface area contributed by atoms with Crippen molar-refractivity contribution in [3.63, 3.8) is 0 Å². The van der Waals surface area contributed by atoms with Crippen LogP contribution in [0.4, 0.5) is 0 Å². The number of carbonyl (C=O) groups excluding carboxylic acids is 1. The first-order valence-electron chi connectivity index (χ1n) is 4.78. The highest BCUT2D eigenvalue weighted by Gasteiger charge is 2.13. The van der Waals surface area contributed by atoms with Gasteiger partial charge in [-0.3, -0.25) is 4.79 Å². The van der Waals surface area contributed by atoms with Gasteiger partial charge in [-0.1, -0.05) is 0 Å². The summed E-state index contributed by atoms with van der Waals surface area (Å²) in [5.41, 5.74) is 0.590. The zero-order valence-corrected chi connectivity index (χ0v) is 11.0. The third kappa shape index (κ3) is 3.83. The molecule has 1 heterocycles. The molecule has 2 N–H and O–H groups in total. The first kappa shape index (κ1) is 12.5. The number of H-pyrrole nitrogens is 1. The Morgan fingerprint density at radius 3 is 2.87 bits per heavy atom. The van der Waals surface area contributed by atoms with Gasteiger partial charge in [0.1, 0.15) is 5.69 Å². The number of nitrogens with one attached hydrogen (secondary N) is 1. The Balaban J connectivity index is 2.53. The minimum absolute atomic E-state index is 0.0430. The molecule has 0 bridgehead atoms. The van der Waals surface area contributed by atoms with Crippen LogP contribution in [-0.2, 0) is 0 Å². The van der Waals surface area contributed by atoms with Crippen LogP contribution in [0, 0.1) is 3.57 Å². The van der Waals surface area contributed by atoms with Crippen molar-refractivity contribution < 1.29 is 9.90 Å². The van der Waals surface area contributed by atoms with Crippen LogP contribution in [0.25, 0.3) is 0 Å². The molecule has 0 saturated carbocycles. The molecule has 15 heavy (non-hydrogen) atoms. The number of aliphatic hydroxyl groups excluding tert-OH is 1. The predicted octanol–water partition coefficient (Wildman–Crippen LogP) is 1.46. The molecule has 4 nitrogen and oxygen atoms in total. The Morgan fingerprint density at radius 1 is 1.73 bits per heavy atom. The molecule has 1 unspecified atom stereocenters. The fourth-order valence-electron chi connectivity index (χ4n) is 1.18. The molecule has 0 aromatic carbocycles. The Labute approximate surface area is 103 Å². The molecular formula is C10H15IN2O2. The van der Waals surface area contributed by atoms with Crippen LogP contribution in [0.1, 0.15) is 23.8 Å². The molecule has 0 aliphatic heterocycles. The smallest absolute Gasteiger partial charge is 0.270 e. The summed E-state index contributed by atoms with van der Waals surface area (Å²) in [5.74, 6) is -0.0430. The van der Waals surface area contributed by atoms with Gasteiger partial charge in [0.25, 0.3) is 5.91 Å². The van der Waals surface area contributed by atoms with E-state index >= 15 is 0 Å². The van der Waals surface area contributed by atoms with Crippen molar-refractivity contribution in [3.05, 3.63) is 21.5 Å². The van der Waals surface area contributed by atoms with Crippen LogP contribution < -0.4 is 0 Å². The third-order valence-electron chi connectivity index (χ3n) is 2.11. The molecule has 1 amide bonds. The monoisotopic (exact) mass is 322 g/mol. The normalized spacial score (nSPS) is 12.5. The SMILES string of the molecule is CC(O)CCN(C)C(=O)c1cc(I)c[nH]1. The Bertz CT molecular complexity index is 336. The first-order chi connectivity index (χ1) is 7.00. The molecule has 0 aliphatic rings. The van der Waals surface area contributed by atoms with Gasteiger partial charge in [-0.2, -0.15) is 0 Å². The number of nitrogens with zero attached hydrogens (tertiary/aromatic N) is 1. The van der Waals surface area contributed by atoms with Crippen LogP contribution in [0.2, 0.25) is 0 Å². The summed E-state index contributed by atoms with van der Waals surface area (Å²) in [6.45, 7) is 2.28. The van der Waals surface area contributed by atoms with Crippen LogP contribution >= 0.6 is 22.6 Å². The van der Waals surface area contributed by atoms with Gasteiger partial charge in [-0.05, 0) is 42.0 Å². The van der Waals surface area contributed by atoms with E-state index in [-0.39, 0.29) is 12.0 Å². The van der Waals surface area contributed by atoms with Crippen LogP contribution in [0.15, 0.2) is 12.3 Å². The topological polar surface area (TPSA) is 56.3 Å². The molecule has 1 aromatic rings. The molecule has 1 rings (SSSR count). The minimum Gasteiger partial charge on any atom is -0.393 e. The van der Waals surface area contributed by atoms with Gasteiger partial charge in [-0.25, -0.2) is 0 Å². The largest absolute Gasteiger partial charge is 0.393 e. The lowest BCUT2D eigenvalue weighted by molar-refractivity contribution is 0.0764. The van der Waals surface area contributed by atoms with Gasteiger partial charge in [0.2, 0.25) is 0 Å². The molecule has 0 aliphatic carbocycles. The molecular weight excluding hydrogens is 307 g/mol. The van der Waals surface area contributed by atoms with E-state index in [1.54, 1.807) is 25.1 Å². The number of hydrogen-bond acceptors (Lipinski definition) is 2. The lowest BCUT2D eigenvalue weighted by atomic mass is 10.2. The summed E-state index contributed by atoms with van der Waals surface area (Å²) in [7, 11) is 1.73. The highest BCUT2D eigenvalue weighted by atomic mass is 127. The second-order valence-corrected chi connectivity index (χ2v) is 4.84. The zero-order valence-electron chi connectivity index (χ0n) is 8.83. The summed E-state index contributed by atoms with van der Waals surface area (Å²) in [6.07, 6.45) is 2.01. The average molecular weight is 322 g/mol. The number of hydrogen-bond donors (Lipinski definition) is 2. The van der Waals surface area contributed by atoms with Crippen LogP contribution in [0.3, 0.4) is 0 Å². The summed E-state index contributed by atoms with van der Waals surface area (Å²) < 4.78 is 1.01. The molecule has 1 atom stereocenters. The van der Waals surface area contributed by atoms with Gasteiger partial charge in [-0.15, -0.1) is 0 Å². The van der Waals surface area contributed by atoms with E-state index in [1.165, 1.54) is 0 Å². The molecule has 0 saturated heterocycles. The first-order valence-corrected chi connectivity index (χ1v) is 5.86. The molecule has 84 valence electrons. The molecule has 1 aromatic heterocycles. The second kappa shape index (κ2) is 5.50. The van der Waals surface area contributed by atoms with Gasteiger partial charge in [0.15, 0.2) is 0 Å². The summed E-state index contributed by atoms with van der Waals surface area (Å²) >= 11 is 2.15. The summed E-state index contributed by atoms with van der Waals surface area (Å²) in [5, 5.41) is 9.11. The van der Waals surface area contributed by atoms with Gasteiger partial charge < -0.3 is 15.0 Å². The maximum Gasteiger partial charge on any atom is 0.270 e. The van der Waals surface area contributed by atoms with E-state index in [0.29, 0.717) is 18.7 Å².